The van der Waals surface area contributed by atoms with Gasteiger partial charge < -0.3 is 10.6 Å². The second-order valence-electron chi connectivity index (χ2n) is 5.98. The Morgan fingerprint density at radius 2 is 1.81 bits per heavy atom. The van der Waals surface area contributed by atoms with Crippen molar-refractivity contribution in [1.82, 2.24) is 9.29 Å². The van der Waals surface area contributed by atoms with Crippen molar-refractivity contribution in [3.63, 3.8) is 0 Å². The van der Waals surface area contributed by atoms with Gasteiger partial charge in [-0.1, -0.05) is 13.3 Å². The average Bonchev–Trinajstić information content (AvgIpc) is 2.63. The molecule has 2 N–H and O–H groups in total. The van der Waals surface area contributed by atoms with E-state index in [1.807, 2.05) is 0 Å². The van der Waals surface area contributed by atoms with Gasteiger partial charge in [-0.15, -0.1) is 0 Å². The summed E-state index contributed by atoms with van der Waals surface area (Å²) >= 11 is 0. The molecular weight excluding hydrogens is 352 g/mol. The van der Waals surface area contributed by atoms with Gasteiger partial charge in [0.2, 0.25) is 10.0 Å². The number of hydrogen-bond acceptors (Lipinski definition) is 5. The summed E-state index contributed by atoms with van der Waals surface area (Å²) < 4.78 is 25.2. The van der Waals surface area contributed by atoms with E-state index in [4.69, 9.17) is 0 Å². The van der Waals surface area contributed by atoms with Crippen LogP contribution in [0.15, 0.2) is 47.5 Å². The van der Waals surface area contributed by atoms with E-state index in [0.717, 1.165) is 29.5 Å². The molecule has 8 heteroatoms. The van der Waals surface area contributed by atoms with Crippen molar-refractivity contribution in [2.45, 2.75) is 24.7 Å². The van der Waals surface area contributed by atoms with E-state index in [2.05, 4.69) is 22.5 Å². The van der Waals surface area contributed by atoms with Crippen LogP contribution in [0.4, 0.5) is 11.5 Å². The van der Waals surface area contributed by atoms with Gasteiger partial charge in [0.1, 0.15) is 5.82 Å². The number of carbonyl (C=O) groups is 1. The molecule has 0 unspecified atom stereocenters. The third kappa shape index (κ3) is 5.03. The molecule has 0 fully saturated rings. The van der Waals surface area contributed by atoms with Crippen LogP contribution in [-0.4, -0.2) is 44.3 Å². The minimum atomic E-state index is -3.51. The van der Waals surface area contributed by atoms with E-state index in [-0.39, 0.29) is 10.8 Å². The van der Waals surface area contributed by atoms with E-state index in [9.17, 15) is 13.2 Å². The van der Waals surface area contributed by atoms with Crippen molar-refractivity contribution >= 4 is 27.4 Å². The molecule has 1 aromatic heterocycles. The Kier molecular flexibility index (Phi) is 6.70. The molecule has 2 rings (SSSR count). The number of sulfonamides is 1. The summed E-state index contributed by atoms with van der Waals surface area (Å²) in [6.07, 6.45) is 3.76. The molecule has 1 heterocycles. The van der Waals surface area contributed by atoms with Crippen LogP contribution in [0.2, 0.25) is 0 Å². The lowest BCUT2D eigenvalue weighted by Crippen LogP contribution is -2.22. The van der Waals surface area contributed by atoms with Crippen LogP contribution in [0.5, 0.6) is 0 Å². The van der Waals surface area contributed by atoms with Gasteiger partial charge in [0, 0.05) is 26.2 Å². The minimum Gasteiger partial charge on any atom is -0.370 e. The Balaban J connectivity index is 2.01. The highest BCUT2D eigenvalue weighted by molar-refractivity contribution is 7.89. The average molecular weight is 376 g/mol. The fourth-order valence-corrected chi connectivity index (χ4v) is 3.06. The monoisotopic (exact) mass is 376 g/mol. The van der Waals surface area contributed by atoms with Gasteiger partial charge in [0.25, 0.3) is 5.91 Å². The fraction of sp³-hybridized carbons (Fsp3) is 0.333. The Hall–Kier alpha value is -2.45. The molecule has 1 aromatic carbocycles. The number of anilines is 2. The van der Waals surface area contributed by atoms with E-state index < -0.39 is 10.0 Å². The lowest BCUT2D eigenvalue weighted by molar-refractivity contribution is 0.102. The maximum Gasteiger partial charge on any atom is 0.255 e. The Bertz CT molecular complexity index is 832. The first-order valence-electron chi connectivity index (χ1n) is 8.38. The number of amides is 1. The molecule has 0 saturated heterocycles. The van der Waals surface area contributed by atoms with Gasteiger partial charge >= 0.3 is 0 Å². The molecule has 2 aromatic rings. The highest BCUT2D eigenvalue weighted by Gasteiger charge is 2.17. The summed E-state index contributed by atoms with van der Waals surface area (Å²) in [5.74, 6) is 0.432. The standard InChI is InChI=1S/C18H24N4O3S/c1-4-5-12-19-17-11-8-15(13-20-17)21-18(23)14-6-9-16(10-7-14)26(24,25)22(2)3/h6-11,13H,4-5,12H2,1-3H3,(H,19,20)(H,21,23). The van der Waals surface area contributed by atoms with Crippen molar-refractivity contribution in [2.75, 3.05) is 31.3 Å². The molecule has 0 saturated carbocycles. The summed E-state index contributed by atoms with van der Waals surface area (Å²) in [6, 6.07) is 9.38. The van der Waals surface area contributed by atoms with Gasteiger partial charge in [0.15, 0.2) is 0 Å². The maximum absolute atomic E-state index is 12.3. The number of nitrogens with one attached hydrogen (secondary N) is 2. The van der Waals surface area contributed by atoms with E-state index in [1.54, 1.807) is 18.3 Å². The normalized spacial score (nSPS) is 11.4. The first kappa shape index (κ1) is 19.9. The molecule has 0 spiro atoms. The SMILES string of the molecule is CCCCNc1ccc(NC(=O)c2ccc(S(=O)(=O)N(C)C)cc2)cn1. The van der Waals surface area contributed by atoms with Crippen LogP contribution in [-0.2, 0) is 10.0 Å². The molecule has 0 aliphatic carbocycles. The number of aromatic nitrogens is 1. The molecule has 0 radical (unpaired) electrons. The number of nitrogens with zero attached hydrogens (tertiary/aromatic N) is 2. The second kappa shape index (κ2) is 8.77. The van der Waals surface area contributed by atoms with Gasteiger partial charge in [0.05, 0.1) is 16.8 Å². The highest BCUT2D eigenvalue weighted by atomic mass is 32.2. The smallest absolute Gasteiger partial charge is 0.255 e. The highest BCUT2D eigenvalue weighted by Crippen LogP contribution is 2.16. The largest absolute Gasteiger partial charge is 0.370 e. The Labute approximate surface area is 154 Å². The Morgan fingerprint density at radius 1 is 1.12 bits per heavy atom. The third-order valence-corrected chi connectivity index (χ3v) is 5.58. The van der Waals surface area contributed by atoms with E-state index in [1.165, 1.54) is 38.4 Å². The fourth-order valence-electron chi connectivity index (χ4n) is 2.16. The lowest BCUT2D eigenvalue weighted by atomic mass is 10.2. The zero-order valence-corrected chi connectivity index (χ0v) is 16.0. The topological polar surface area (TPSA) is 91.4 Å². The molecular formula is C18H24N4O3S. The van der Waals surface area contributed by atoms with Crippen molar-refractivity contribution in [2.24, 2.45) is 0 Å². The van der Waals surface area contributed by atoms with Crippen LogP contribution in [0.1, 0.15) is 30.1 Å². The predicted molar refractivity (Wildman–Crippen MR) is 103 cm³/mol. The minimum absolute atomic E-state index is 0.142. The molecule has 0 aliphatic heterocycles. The summed E-state index contributed by atoms with van der Waals surface area (Å²) in [5.41, 5.74) is 0.939. The zero-order valence-electron chi connectivity index (χ0n) is 15.2. The van der Waals surface area contributed by atoms with Crippen LogP contribution < -0.4 is 10.6 Å². The van der Waals surface area contributed by atoms with Crippen LogP contribution in [0.3, 0.4) is 0 Å². The molecule has 7 nitrogen and oxygen atoms in total. The molecule has 0 aliphatic rings. The molecule has 1 amide bonds. The zero-order chi connectivity index (χ0) is 19.2. The molecule has 26 heavy (non-hydrogen) atoms. The van der Waals surface area contributed by atoms with Crippen LogP contribution in [0.25, 0.3) is 0 Å². The van der Waals surface area contributed by atoms with Crippen molar-refractivity contribution in [3.05, 3.63) is 48.2 Å². The number of unbranched alkanes of at least 4 members (excludes halogenated alkanes) is 1. The number of benzene rings is 1. The van der Waals surface area contributed by atoms with Crippen LogP contribution >= 0.6 is 0 Å². The van der Waals surface area contributed by atoms with Gasteiger partial charge in [-0.3, -0.25) is 4.79 Å². The third-order valence-electron chi connectivity index (χ3n) is 3.75. The summed E-state index contributed by atoms with van der Waals surface area (Å²) in [4.78, 5) is 16.7. The first-order valence-corrected chi connectivity index (χ1v) is 9.82. The Morgan fingerprint density at radius 3 is 2.35 bits per heavy atom. The lowest BCUT2D eigenvalue weighted by Gasteiger charge is -2.11. The summed E-state index contributed by atoms with van der Waals surface area (Å²) in [7, 11) is -0.584. The number of rotatable bonds is 8. The van der Waals surface area contributed by atoms with Crippen molar-refractivity contribution < 1.29 is 13.2 Å². The first-order chi connectivity index (χ1) is 12.3. The summed E-state index contributed by atoms with van der Waals surface area (Å²) in [5, 5.41) is 5.95. The number of pyridine rings is 1. The van der Waals surface area contributed by atoms with E-state index >= 15 is 0 Å². The van der Waals surface area contributed by atoms with Crippen molar-refractivity contribution in [1.29, 1.82) is 0 Å². The molecule has 0 bridgehead atoms. The van der Waals surface area contributed by atoms with E-state index in [0.29, 0.717) is 11.3 Å². The van der Waals surface area contributed by atoms with Gasteiger partial charge in [-0.2, -0.15) is 0 Å². The second-order valence-corrected chi connectivity index (χ2v) is 8.13. The molecule has 140 valence electrons. The number of carbonyl (C=O) groups excluding carboxylic acids is 1. The van der Waals surface area contributed by atoms with Gasteiger partial charge in [-0.25, -0.2) is 17.7 Å². The summed E-state index contributed by atoms with van der Waals surface area (Å²) in [6.45, 7) is 2.98. The van der Waals surface area contributed by atoms with Crippen LogP contribution in [0, 0.1) is 0 Å². The van der Waals surface area contributed by atoms with Gasteiger partial charge in [-0.05, 0) is 42.8 Å². The maximum atomic E-state index is 12.3. The quantitative estimate of drug-likeness (QED) is 0.691. The predicted octanol–water partition coefficient (Wildman–Crippen LogP) is 2.80. The van der Waals surface area contributed by atoms with Crippen molar-refractivity contribution in [3.8, 4) is 0 Å². The number of hydrogen-bond donors (Lipinski definition) is 2. The molecule has 0 atom stereocenters.